The summed E-state index contributed by atoms with van der Waals surface area (Å²) in [5, 5.41) is 11.9. The third-order valence-corrected chi connectivity index (χ3v) is 2.66. The highest BCUT2D eigenvalue weighted by atomic mass is 19.1. The largest absolute Gasteiger partial charge is 0.392 e. The van der Waals surface area contributed by atoms with Crippen LogP contribution in [0.4, 0.5) is 10.1 Å². The van der Waals surface area contributed by atoms with E-state index in [1.807, 2.05) is 20.8 Å². The zero-order valence-electron chi connectivity index (χ0n) is 11.6. The minimum atomic E-state index is -0.413. The predicted octanol–water partition coefficient (Wildman–Crippen LogP) is 1.67. The van der Waals surface area contributed by atoms with Gasteiger partial charge in [0.1, 0.15) is 5.82 Å². The zero-order chi connectivity index (χ0) is 14.4. The van der Waals surface area contributed by atoms with Crippen LogP contribution in [0.15, 0.2) is 18.2 Å². The molecule has 1 rings (SSSR count). The molecule has 1 aromatic carbocycles. The maximum Gasteiger partial charge on any atom is 0.239 e. The fraction of sp³-hybridized carbons (Fsp3) is 0.500. The third-order valence-electron chi connectivity index (χ3n) is 2.66. The number of rotatable bonds is 6. The van der Waals surface area contributed by atoms with Crippen LogP contribution in [0.1, 0.15) is 26.3 Å². The summed E-state index contributed by atoms with van der Waals surface area (Å²) >= 11 is 0. The minimum Gasteiger partial charge on any atom is -0.392 e. The number of amides is 1. The number of nitrogens with zero attached hydrogens (tertiary/aromatic N) is 1. The van der Waals surface area contributed by atoms with E-state index in [4.69, 9.17) is 5.11 Å². The number of carbonyl (C=O) groups excluding carboxylic acids is 1. The minimum absolute atomic E-state index is 0.0757. The summed E-state index contributed by atoms with van der Waals surface area (Å²) in [4.78, 5) is 13.5. The van der Waals surface area contributed by atoms with Crippen molar-refractivity contribution >= 4 is 11.6 Å². The molecule has 106 valence electrons. The highest BCUT2D eigenvalue weighted by Gasteiger charge is 2.12. The highest BCUT2D eigenvalue weighted by Crippen LogP contribution is 2.18. The number of nitrogens with one attached hydrogen (secondary N) is 1. The van der Waals surface area contributed by atoms with Crippen LogP contribution in [0.5, 0.6) is 0 Å². The first-order valence-corrected chi connectivity index (χ1v) is 6.41. The Morgan fingerprint density at radius 1 is 1.42 bits per heavy atom. The van der Waals surface area contributed by atoms with E-state index >= 15 is 0 Å². The maximum atomic E-state index is 13.4. The summed E-state index contributed by atoms with van der Waals surface area (Å²) < 4.78 is 13.4. The summed E-state index contributed by atoms with van der Waals surface area (Å²) in [5.74, 6) is -0.518. The Kier molecular flexibility index (Phi) is 5.76. The van der Waals surface area contributed by atoms with E-state index in [1.165, 1.54) is 12.1 Å². The molecular weight excluding hydrogens is 247 g/mol. The van der Waals surface area contributed by atoms with E-state index < -0.39 is 5.82 Å². The molecule has 0 saturated carbocycles. The van der Waals surface area contributed by atoms with Gasteiger partial charge < -0.3 is 15.3 Å². The second-order valence-corrected chi connectivity index (χ2v) is 4.71. The first-order valence-electron chi connectivity index (χ1n) is 6.41. The zero-order valence-corrected chi connectivity index (χ0v) is 11.6. The molecule has 4 nitrogen and oxygen atoms in total. The van der Waals surface area contributed by atoms with Crippen molar-refractivity contribution in [2.45, 2.75) is 33.4 Å². The standard InChI is InChI=1S/C14H21FN2O2/c1-4-17(8-14(19)16-10(2)3)13-6-11(9-18)5-12(15)7-13/h5-7,10,18H,4,8-9H2,1-3H3,(H,16,19). The quantitative estimate of drug-likeness (QED) is 0.825. The number of halogens is 1. The van der Waals surface area contributed by atoms with Gasteiger partial charge in [0, 0.05) is 18.3 Å². The van der Waals surface area contributed by atoms with Gasteiger partial charge in [0.25, 0.3) is 0 Å². The number of carbonyl (C=O) groups is 1. The Balaban J connectivity index is 2.84. The normalized spacial score (nSPS) is 10.6. The van der Waals surface area contributed by atoms with E-state index in [1.54, 1.807) is 11.0 Å². The van der Waals surface area contributed by atoms with E-state index in [0.717, 1.165) is 0 Å². The maximum absolute atomic E-state index is 13.4. The lowest BCUT2D eigenvalue weighted by Crippen LogP contribution is -2.40. The highest BCUT2D eigenvalue weighted by molar-refractivity contribution is 5.81. The average Bonchev–Trinajstić information content (AvgIpc) is 2.34. The summed E-state index contributed by atoms with van der Waals surface area (Å²) in [6.45, 7) is 6.20. The molecule has 0 spiro atoms. The second kappa shape index (κ2) is 7.09. The topological polar surface area (TPSA) is 52.6 Å². The lowest BCUT2D eigenvalue weighted by atomic mass is 10.2. The van der Waals surface area contributed by atoms with Crippen LogP contribution in [0, 0.1) is 5.82 Å². The predicted molar refractivity (Wildman–Crippen MR) is 73.5 cm³/mol. The van der Waals surface area contributed by atoms with E-state index in [2.05, 4.69) is 5.32 Å². The first-order chi connectivity index (χ1) is 8.96. The molecule has 0 bridgehead atoms. The van der Waals surface area contributed by atoms with Crippen molar-refractivity contribution < 1.29 is 14.3 Å². The van der Waals surface area contributed by atoms with Crippen molar-refractivity contribution in [2.75, 3.05) is 18.0 Å². The monoisotopic (exact) mass is 268 g/mol. The number of anilines is 1. The molecule has 0 saturated heterocycles. The molecule has 0 aliphatic heterocycles. The molecule has 0 unspecified atom stereocenters. The van der Waals surface area contributed by atoms with Crippen molar-refractivity contribution in [1.29, 1.82) is 0 Å². The molecule has 1 amide bonds. The van der Waals surface area contributed by atoms with E-state index in [9.17, 15) is 9.18 Å². The lowest BCUT2D eigenvalue weighted by Gasteiger charge is -2.23. The second-order valence-electron chi connectivity index (χ2n) is 4.71. The van der Waals surface area contributed by atoms with Crippen molar-refractivity contribution in [2.24, 2.45) is 0 Å². The van der Waals surface area contributed by atoms with E-state index in [0.29, 0.717) is 17.8 Å². The molecule has 2 N–H and O–H groups in total. The molecule has 1 aromatic rings. The van der Waals surface area contributed by atoms with Crippen LogP contribution in [-0.2, 0) is 11.4 Å². The number of likely N-dealkylation sites (N-methyl/N-ethyl adjacent to an activating group) is 1. The molecule has 0 aromatic heterocycles. The summed E-state index contributed by atoms with van der Waals surface area (Å²) in [7, 11) is 0. The SMILES string of the molecule is CCN(CC(=O)NC(C)C)c1cc(F)cc(CO)c1. The van der Waals surface area contributed by atoms with Gasteiger partial charge in [0.15, 0.2) is 0 Å². The molecule has 0 fully saturated rings. The third kappa shape index (κ3) is 4.87. The van der Waals surface area contributed by atoms with Crippen molar-refractivity contribution in [3.8, 4) is 0 Å². The number of benzene rings is 1. The molecule has 0 atom stereocenters. The fourth-order valence-electron chi connectivity index (χ4n) is 1.83. The van der Waals surface area contributed by atoms with Gasteiger partial charge in [-0.3, -0.25) is 4.79 Å². The Morgan fingerprint density at radius 3 is 2.63 bits per heavy atom. The van der Waals surface area contributed by atoms with Gasteiger partial charge in [0.05, 0.1) is 13.2 Å². The molecule has 5 heteroatoms. The number of hydrogen-bond donors (Lipinski definition) is 2. The van der Waals surface area contributed by atoms with Gasteiger partial charge >= 0.3 is 0 Å². The first kappa shape index (κ1) is 15.4. The van der Waals surface area contributed by atoms with Crippen LogP contribution < -0.4 is 10.2 Å². The van der Waals surface area contributed by atoms with Crippen LogP contribution in [0.2, 0.25) is 0 Å². The number of aliphatic hydroxyl groups excluding tert-OH is 1. The van der Waals surface area contributed by atoms with Crippen LogP contribution in [0.3, 0.4) is 0 Å². The van der Waals surface area contributed by atoms with Crippen LogP contribution in [-0.4, -0.2) is 30.1 Å². The van der Waals surface area contributed by atoms with E-state index in [-0.39, 0.29) is 25.1 Å². The van der Waals surface area contributed by atoms with Gasteiger partial charge in [-0.25, -0.2) is 4.39 Å². The van der Waals surface area contributed by atoms with Gasteiger partial charge in [-0.2, -0.15) is 0 Å². The molecule has 0 radical (unpaired) electrons. The smallest absolute Gasteiger partial charge is 0.239 e. The van der Waals surface area contributed by atoms with Crippen molar-refractivity contribution in [3.63, 3.8) is 0 Å². The molecule has 0 heterocycles. The van der Waals surface area contributed by atoms with Crippen LogP contribution >= 0.6 is 0 Å². The van der Waals surface area contributed by atoms with Gasteiger partial charge in [0.2, 0.25) is 5.91 Å². The van der Waals surface area contributed by atoms with Crippen molar-refractivity contribution in [1.82, 2.24) is 5.32 Å². The Bertz CT molecular complexity index is 435. The Morgan fingerprint density at radius 2 is 2.11 bits per heavy atom. The van der Waals surface area contributed by atoms with Gasteiger partial charge in [-0.1, -0.05) is 0 Å². The molecular formula is C14H21FN2O2. The Labute approximate surface area is 113 Å². The fourth-order valence-corrected chi connectivity index (χ4v) is 1.83. The van der Waals surface area contributed by atoms with Gasteiger partial charge in [-0.15, -0.1) is 0 Å². The average molecular weight is 268 g/mol. The molecule has 19 heavy (non-hydrogen) atoms. The number of aliphatic hydroxyl groups is 1. The Hall–Kier alpha value is -1.62. The van der Waals surface area contributed by atoms with Crippen molar-refractivity contribution in [3.05, 3.63) is 29.6 Å². The molecule has 0 aliphatic rings. The number of hydrogen-bond acceptors (Lipinski definition) is 3. The summed E-state index contributed by atoms with van der Waals surface area (Å²) in [6.07, 6.45) is 0. The van der Waals surface area contributed by atoms with Gasteiger partial charge in [-0.05, 0) is 44.5 Å². The lowest BCUT2D eigenvalue weighted by molar-refractivity contribution is -0.120. The summed E-state index contributed by atoms with van der Waals surface area (Å²) in [5.41, 5.74) is 1.10. The summed E-state index contributed by atoms with van der Waals surface area (Å²) in [6, 6.07) is 4.42. The van der Waals surface area contributed by atoms with Crippen LogP contribution in [0.25, 0.3) is 0 Å². The molecule has 0 aliphatic carbocycles.